The molecular formula is C12H15ClN2O2. The molecule has 2 aliphatic rings. The van der Waals surface area contributed by atoms with Crippen LogP contribution in [0.3, 0.4) is 0 Å². The van der Waals surface area contributed by atoms with Crippen molar-refractivity contribution in [2.75, 3.05) is 6.61 Å². The summed E-state index contributed by atoms with van der Waals surface area (Å²) in [6, 6.07) is 2.12. The third-order valence-corrected chi connectivity index (χ3v) is 3.73. The van der Waals surface area contributed by atoms with Crippen LogP contribution in [0.5, 0.6) is 0 Å². The van der Waals surface area contributed by atoms with Gasteiger partial charge in [-0.05, 0) is 31.7 Å². The Morgan fingerprint density at radius 2 is 2.29 bits per heavy atom. The van der Waals surface area contributed by atoms with Crippen LogP contribution in [0.25, 0.3) is 0 Å². The quantitative estimate of drug-likeness (QED) is 0.860. The third kappa shape index (κ3) is 2.07. The molecule has 3 rings (SSSR count). The van der Waals surface area contributed by atoms with Crippen molar-refractivity contribution in [1.82, 2.24) is 9.88 Å². The van der Waals surface area contributed by atoms with Crippen molar-refractivity contribution in [3.05, 3.63) is 23.0 Å². The van der Waals surface area contributed by atoms with E-state index in [1.54, 1.807) is 6.07 Å². The Bertz CT molecular complexity index is 461. The van der Waals surface area contributed by atoms with E-state index in [0.717, 1.165) is 25.7 Å². The largest absolute Gasteiger partial charge is 0.394 e. The standard InChI is InChI=1S/C12H15ClN2O2/c13-8-5-10(15(6-8)9-1-2-9)11(17)14-12(7-16)3-4-12/h5-6,9,16H,1-4,7H2,(H,14,17). The first-order valence-corrected chi connectivity index (χ1v) is 6.32. The average Bonchev–Trinajstić information content (AvgIpc) is 3.20. The first-order valence-electron chi connectivity index (χ1n) is 5.94. The second-order valence-corrected chi connectivity index (χ2v) is 5.51. The van der Waals surface area contributed by atoms with Crippen molar-refractivity contribution in [3.63, 3.8) is 0 Å². The Balaban J connectivity index is 1.80. The fraction of sp³-hybridized carbons (Fsp3) is 0.583. The number of carbonyl (C=O) groups is 1. The van der Waals surface area contributed by atoms with Crippen LogP contribution in [0.2, 0.25) is 5.02 Å². The van der Waals surface area contributed by atoms with E-state index in [-0.39, 0.29) is 18.1 Å². The lowest BCUT2D eigenvalue weighted by atomic mass is 10.2. The van der Waals surface area contributed by atoms with Gasteiger partial charge in [0.1, 0.15) is 5.69 Å². The van der Waals surface area contributed by atoms with Gasteiger partial charge in [0.2, 0.25) is 0 Å². The molecule has 0 radical (unpaired) electrons. The highest BCUT2D eigenvalue weighted by Gasteiger charge is 2.44. The number of nitrogens with one attached hydrogen (secondary N) is 1. The summed E-state index contributed by atoms with van der Waals surface area (Å²) in [5.41, 5.74) is 0.236. The van der Waals surface area contributed by atoms with Crippen molar-refractivity contribution in [2.45, 2.75) is 37.3 Å². The molecule has 0 aliphatic heterocycles. The molecule has 1 aromatic heterocycles. The molecule has 2 aliphatic carbocycles. The van der Waals surface area contributed by atoms with Gasteiger partial charge < -0.3 is 15.0 Å². The number of hydrogen-bond acceptors (Lipinski definition) is 2. The second kappa shape index (κ2) is 3.75. The summed E-state index contributed by atoms with van der Waals surface area (Å²) in [4.78, 5) is 12.1. The molecule has 5 heteroatoms. The van der Waals surface area contributed by atoms with Crippen molar-refractivity contribution >= 4 is 17.5 Å². The van der Waals surface area contributed by atoms with Gasteiger partial charge in [-0.1, -0.05) is 11.6 Å². The van der Waals surface area contributed by atoms with Crippen LogP contribution < -0.4 is 5.32 Å². The lowest BCUT2D eigenvalue weighted by Crippen LogP contribution is -2.40. The lowest BCUT2D eigenvalue weighted by molar-refractivity contribution is 0.0897. The van der Waals surface area contributed by atoms with Gasteiger partial charge in [-0.3, -0.25) is 4.79 Å². The number of aromatic nitrogens is 1. The molecule has 0 atom stereocenters. The molecule has 0 unspecified atom stereocenters. The van der Waals surface area contributed by atoms with E-state index in [1.807, 2.05) is 10.8 Å². The number of halogens is 1. The number of nitrogens with zero attached hydrogens (tertiary/aromatic N) is 1. The number of carbonyl (C=O) groups excluding carboxylic acids is 1. The molecule has 0 spiro atoms. The monoisotopic (exact) mass is 254 g/mol. The molecule has 2 fully saturated rings. The van der Waals surface area contributed by atoms with Gasteiger partial charge in [0.15, 0.2) is 0 Å². The fourth-order valence-electron chi connectivity index (χ4n) is 2.06. The minimum atomic E-state index is -0.373. The highest BCUT2D eigenvalue weighted by atomic mass is 35.5. The molecule has 0 saturated heterocycles. The van der Waals surface area contributed by atoms with Crippen LogP contribution in [-0.2, 0) is 0 Å². The van der Waals surface area contributed by atoms with E-state index < -0.39 is 0 Å². The van der Waals surface area contributed by atoms with E-state index in [4.69, 9.17) is 11.6 Å². The Kier molecular flexibility index (Phi) is 2.45. The molecule has 1 amide bonds. The molecule has 4 nitrogen and oxygen atoms in total. The van der Waals surface area contributed by atoms with Crippen LogP contribution in [-0.4, -0.2) is 27.7 Å². The van der Waals surface area contributed by atoms with E-state index >= 15 is 0 Å². The summed E-state index contributed by atoms with van der Waals surface area (Å²) in [5, 5.41) is 12.7. The Hall–Kier alpha value is -1.00. The van der Waals surface area contributed by atoms with E-state index in [1.165, 1.54) is 0 Å². The van der Waals surface area contributed by atoms with Crippen molar-refractivity contribution in [1.29, 1.82) is 0 Å². The highest BCUT2D eigenvalue weighted by Crippen LogP contribution is 2.38. The van der Waals surface area contributed by atoms with E-state index in [0.29, 0.717) is 16.8 Å². The fourth-order valence-corrected chi connectivity index (χ4v) is 2.27. The molecule has 17 heavy (non-hydrogen) atoms. The van der Waals surface area contributed by atoms with E-state index in [2.05, 4.69) is 5.32 Å². The zero-order valence-corrected chi connectivity index (χ0v) is 10.2. The van der Waals surface area contributed by atoms with Crippen LogP contribution >= 0.6 is 11.6 Å². The molecule has 1 heterocycles. The van der Waals surface area contributed by atoms with E-state index in [9.17, 15) is 9.90 Å². The topological polar surface area (TPSA) is 54.3 Å². The maximum Gasteiger partial charge on any atom is 0.268 e. The summed E-state index contributed by atoms with van der Waals surface area (Å²) in [6.07, 6.45) is 5.74. The predicted molar refractivity (Wildman–Crippen MR) is 64.2 cm³/mol. The Labute approximate surface area is 105 Å². The zero-order chi connectivity index (χ0) is 12.0. The van der Waals surface area contributed by atoms with Gasteiger partial charge >= 0.3 is 0 Å². The van der Waals surface area contributed by atoms with Gasteiger partial charge in [-0.25, -0.2) is 0 Å². The number of amides is 1. The van der Waals surface area contributed by atoms with Gasteiger partial charge in [0, 0.05) is 12.2 Å². The smallest absolute Gasteiger partial charge is 0.268 e. The first kappa shape index (κ1) is 11.1. The SMILES string of the molecule is O=C(NC1(CO)CC1)c1cc(Cl)cn1C1CC1. The Morgan fingerprint density at radius 1 is 1.59 bits per heavy atom. The van der Waals surface area contributed by atoms with Gasteiger partial charge in [0.25, 0.3) is 5.91 Å². The summed E-state index contributed by atoms with van der Waals surface area (Å²) < 4.78 is 1.95. The number of aliphatic hydroxyl groups excluding tert-OH is 1. The van der Waals surface area contributed by atoms with Crippen molar-refractivity contribution in [2.24, 2.45) is 0 Å². The first-order chi connectivity index (χ1) is 8.13. The van der Waals surface area contributed by atoms with Crippen molar-refractivity contribution < 1.29 is 9.90 Å². The summed E-state index contributed by atoms with van der Waals surface area (Å²) >= 11 is 5.95. The normalized spacial score (nSPS) is 21.3. The van der Waals surface area contributed by atoms with Gasteiger partial charge in [-0.2, -0.15) is 0 Å². The summed E-state index contributed by atoms with van der Waals surface area (Å²) in [5.74, 6) is -0.129. The Morgan fingerprint density at radius 3 is 2.82 bits per heavy atom. The lowest BCUT2D eigenvalue weighted by Gasteiger charge is -2.15. The number of hydrogen-bond donors (Lipinski definition) is 2. The molecule has 2 saturated carbocycles. The maximum atomic E-state index is 12.1. The molecule has 92 valence electrons. The number of aliphatic hydroxyl groups is 1. The number of rotatable bonds is 4. The molecular weight excluding hydrogens is 240 g/mol. The van der Waals surface area contributed by atoms with Crippen LogP contribution in [0.15, 0.2) is 12.3 Å². The average molecular weight is 255 g/mol. The molecule has 1 aromatic rings. The molecule has 0 aromatic carbocycles. The second-order valence-electron chi connectivity index (χ2n) is 5.07. The summed E-state index contributed by atoms with van der Waals surface area (Å²) in [6.45, 7) is 0.0105. The molecule has 2 N–H and O–H groups in total. The van der Waals surface area contributed by atoms with Crippen molar-refractivity contribution in [3.8, 4) is 0 Å². The predicted octanol–water partition coefficient (Wildman–Crippen LogP) is 1.73. The third-order valence-electron chi connectivity index (χ3n) is 3.52. The maximum absolute atomic E-state index is 12.1. The molecule has 0 bridgehead atoms. The minimum Gasteiger partial charge on any atom is -0.394 e. The van der Waals surface area contributed by atoms with Crippen LogP contribution in [0.4, 0.5) is 0 Å². The zero-order valence-electron chi connectivity index (χ0n) is 9.45. The minimum absolute atomic E-state index is 0.0105. The highest BCUT2D eigenvalue weighted by molar-refractivity contribution is 6.31. The summed E-state index contributed by atoms with van der Waals surface area (Å²) in [7, 11) is 0. The van der Waals surface area contributed by atoms with Gasteiger partial charge in [0.05, 0.1) is 17.2 Å². The van der Waals surface area contributed by atoms with Crippen LogP contribution in [0.1, 0.15) is 42.2 Å². The van der Waals surface area contributed by atoms with Gasteiger partial charge in [-0.15, -0.1) is 0 Å². The van der Waals surface area contributed by atoms with Crippen LogP contribution in [0, 0.1) is 0 Å².